The van der Waals surface area contributed by atoms with E-state index in [2.05, 4.69) is 43.1 Å². The van der Waals surface area contributed by atoms with Gasteiger partial charge < -0.3 is 4.74 Å². The molecule has 1 heteroatoms. The first-order valence-electron chi connectivity index (χ1n) is 9.19. The minimum Gasteiger partial charge on any atom is -0.381 e. The lowest BCUT2D eigenvalue weighted by molar-refractivity contribution is 0.0627. The molecule has 2 aliphatic carbocycles. The van der Waals surface area contributed by atoms with Gasteiger partial charge in [0.2, 0.25) is 0 Å². The van der Waals surface area contributed by atoms with Gasteiger partial charge in [-0.1, -0.05) is 37.3 Å². The summed E-state index contributed by atoms with van der Waals surface area (Å²) in [6.07, 6.45) is 21.0. The van der Waals surface area contributed by atoms with Crippen molar-refractivity contribution in [1.82, 2.24) is 0 Å². The molecule has 0 aromatic carbocycles. The van der Waals surface area contributed by atoms with E-state index < -0.39 is 0 Å². The molecule has 0 aliphatic heterocycles. The SMILES string of the molecule is CC[C@H]1CC[C@H](/C=C/C#C/C=C/[C@H]2CC[C@H](OC)CC2)CC1. The fraction of sp³-hybridized carbons (Fsp3) is 0.714. The molecular formula is C21H32O. The zero-order valence-electron chi connectivity index (χ0n) is 14.4. The lowest BCUT2D eigenvalue weighted by Crippen LogP contribution is -2.19. The molecule has 0 bridgehead atoms. The second-order valence-corrected chi connectivity index (χ2v) is 6.97. The van der Waals surface area contributed by atoms with Crippen LogP contribution in [0.1, 0.15) is 64.7 Å². The van der Waals surface area contributed by atoms with E-state index in [-0.39, 0.29) is 0 Å². The van der Waals surface area contributed by atoms with Crippen LogP contribution in [0, 0.1) is 29.6 Å². The molecule has 2 fully saturated rings. The van der Waals surface area contributed by atoms with Crippen LogP contribution in [0.4, 0.5) is 0 Å². The molecule has 0 saturated heterocycles. The van der Waals surface area contributed by atoms with Crippen LogP contribution in [0.3, 0.4) is 0 Å². The molecule has 0 aromatic rings. The van der Waals surface area contributed by atoms with Gasteiger partial charge in [-0.15, -0.1) is 0 Å². The lowest BCUT2D eigenvalue weighted by atomic mass is 9.81. The average Bonchev–Trinajstić information content (AvgIpc) is 2.59. The van der Waals surface area contributed by atoms with Crippen LogP contribution in [-0.2, 0) is 4.74 Å². The maximum atomic E-state index is 5.41. The first-order valence-corrected chi connectivity index (χ1v) is 9.19. The number of allylic oxidation sites excluding steroid dienone is 4. The fourth-order valence-corrected chi connectivity index (χ4v) is 3.77. The van der Waals surface area contributed by atoms with Crippen LogP contribution in [-0.4, -0.2) is 13.2 Å². The summed E-state index contributed by atoms with van der Waals surface area (Å²) in [7, 11) is 1.83. The Labute approximate surface area is 137 Å². The van der Waals surface area contributed by atoms with Crippen molar-refractivity contribution in [1.29, 1.82) is 0 Å². The second kappa shape index (κ2) is 9.90. The highest BCUT2D eigenvalue weighted by molar-refractivity contribution is 5.24. The minimum atomic E-state index is 0.487. The predicted molar refractivity (Wildman–Crippen MR) is 94.6 cm³/mol. The largest absolute Gasteiger partial charge is 0.381 e. The van der Waals surface area contributed by atoms with E-state index in [9.17, 15) is 0 Å². The molecule has 2 saturated carbocycles. The second-order valence-electron chi connectivity index (χ2n) is 6.97. The van der Waals surface area contributed by atoms with Crippen LogP contribution in [0.15, 0.2) is 24.3 Å². The average molecular weight is 300 g/mol. The van der Waals surface area contributed by atoms with E-state index in [1.165, 1.54) is 57.8 Å². The van der Waals surface area contributed by atoms with Crippen molar-refractivity contribution in [3.8, 4) is 11.8 Å². The molecule has 22 heavy (non-hydrogen) atoms. The molecule has 0 spiro atoms. The predicted octanol–water partition coefficient (Wildman–Crippen LogP) is 5.52. The van der Waals surface area contributed by atoms with Gasteiger partial charge in [-0.3, -0.25) is 0 Å². The quantitative estimate of drug-likeness (QED) is 0.621. The van der Waals surface area contributed by atoms with Crippen molar-refractivity contribution < 1.29 is 4.74 Å². The summed E-state index contributed by atoms with van der Waals surface area (Å²) < 4.78 is 5.41. The number of ether oxygens (including phenoxy) is 1. The Morgan fingerprint density at radius 2 is 1.32 bits per heavy atom. The number of methoxy groups -OCH3 is 1. The zero-order chi connectivity index (χ0) is 15.6. The highest BCUT2D eigenvalue weighted by Crippen LogP contribution is 2.31. The van der Waals surface area contributed by atoms with Crippen molar-refractivity contribution in [2.75, 3.05) is 7.11 Å². The Morgan fingerprint density at radius 1 is 0.818 bits per heavy atom. The third kappa shape index (κ3) is 6.01. The maximum Gasteiger partial charge on any atom is 0.0571 e. The van der Waals surface area contributed by atoms with Crippen LogP contribution in [0.25, 0.3) is 0 Å². The maximum absolute atomic E-state index is 5.41. The van der Waals surface area contributed by atoms with Gasteiger partial charge in [-0.2, -0.15) is 0 Å². The molecule has 0 heterocycles. The summed E-state index contributed by atoms with van der Waals surface area (Å²) >= 11 is 0. The third-order valence-corrected chi connectivity index (χ3v) is 5.51. The molecular weight excluding hydrogens is 268 g/mol. The Kier molecular flexibility index (Phi) is 7.81. The zero-order valence-corrected chi connectivity index (χ0v) is 14.4. The van der Waals surface area contributed by atoms with Gasteiger partial charge in [0.15, 0.2) is 0 Å². The lowest BCUT2D eigenvalue weighted by Gasteiger charge is -2.25. The van der Waals surface area contributed by atoms with Crippen molar-refractivity contribution in [2.24, 2.45) is 17.8 Å². The van der Waals surface area contributed by atoms with Gasteiger partial charge in [0.05, 0.1) is 6.10 Å². The summed E-state index contributed by atoms with van der Waals surface area (Å²) in [4.78, 5) is 0. The van der Waals surface area contributed by atoms with Crippen molar-refractivity contribution in [3.05, 3.63) is 24.3 Å². The molecule has 1 nitrogen and oxygen atoms in total. The molecule has 2 rings (SSSR count). The topological polar surface area (TPSA) is 9.23 Å². The van der Waals surface area contributed by atoms with Gasteiger partial charge in [-0.05, 0) is 81.3 Å². The number of rotatable bonds is 4. The van der Waals surface area contributed by atoms with E-state index in [1.54, 1.807) is 0 Å². The van der Waals surface area contributed by atoms with Crippen LogP contribution in [0.5, 0.6) is 0 Å². The van der Waals surface area contributed by atoms with Crippen LogP contribution in [0.2, 0.25) is 0 Å². The molecule has 0 radical (unpaired) electrons. The molecule has 0 atom stereocenters. The standard InChI is InChI=1S/C21H32O/c1-3-18-10-12-19(13-11-18)8-6-4-5-7-9-20-14-16-21(22-2)17-15-20/h6-9,18-21H,3,10-17H2,1-2H3/b8-6+,9-7+/t18-,19-,20-,21-. The molecule has 0 unspecified atom stereocenters. The highest BCUT2D eigenvalue weighted by atomic mass is 16.5. The molecule has 0 N–H and O–H groups in total. The number of hydrogen-bond acceptors (Lipinski definition) is 1. The summed E-state index contributed by atoms with van der Waals surface area (Å²) in [6, 6.07) is 0. The van der Waals surface area contributed by atoms with E-state index >= 15 is 0 Å². The molecule has 0 amide bonds. The summed E-state index contributed by atoms with van der Waals surface area (Å²) in [5.41, 5.74) is 0. The van der Waals surface area contributed by atoms with Gasteiger partial charge >= 0.3 is 0 Å². The summed E-state index contributed by atoms with van der Waals surface area (Å²) in [5.74, 6) is 8.79. The van der Waals surface area contributed by atoms with Crippen molar-refractivity contribution in [2.45, 2.75) is 70.8 Å². The fourth-order valence-electron chi connectivity index (χ4n) is 3.77. The van der Waals surface area contributed by atoms with Gasteiger partial charge in [0.1, 0.15) is 0 Å². The molecule has 122 valence electrons. The Hall–Kier alpha value is -1.00. The Bertz CT molecular complexity index is 369. The summed E-state index contributed by atoms with van der Waals surface area (Å²) in [5, 5.41) is 0. The van der Waals surface area contributed by atoms with Crippen molar-refractivity contribution in [3.63, 3.8) is 0 Å². The molecule has 2 aliphatic rings. The smallest absolute Gasteiger partial charge is 0.0571 e. The minimum absolute atomic E-state index is 0.487. The van der Waals surface area contributed by atoms with Crippen LogP contribution < -0.4 is 0 Å². The summed E-state index contributed by atoms with van der Waals surface area (Å²) in [6.45, 7) is 2.32. The first-order chi connectivity index (χ1) is 10.8. The monoisotopic (exact) mass is 300 g/mol. The van der Waals surface area contributed by atoms with E-state index in [0.29, 0.717) is 12.0 Å². The molecule has 0 aromatic heterocycles. The first kappa shape index (κ1) is 17.4. The normalized spacial score (nSPS) is 33.0. The Balaban J connectivity index is 1.64. The van der Waals surface area contributed by atoms with Gasteiger partial charge in [-0.25, -0.2) is 0 Å². The van der Waals surface area contributed by atoms with Gasteiger partial charge in [0.25, 0.3) is 0 Å². The van der Waals surface area contributed by atoms with Crippen molar-refractivity contribution >= 4 is 0 Å². The third-order valence-electron chi connectivity index (χ3n) is 5.51. The van der Waals surface area contributed by atoms with E-state index in [0.717, 1.165) is 11.8 Å². The van der Waals surface area contributed by atoms with Crippen LogP contribution >= 0.6 is 0 Å². The van der Waals surface area contributed by atoms with Gasteiger partial charge in [0, 0.05) is 7.11 Å². The number of hydrogen-bond donors (Lipinski definition) is 0. The highest BCUT2D eigenvalue weighted by Gasteiger charge is 2.18. The Morgan fingerprint density at radius 3 is 1.77 bits per heavy atom. The van der Waals surface area contributed by atoms with E-state index in [4.69, 9.17) is 4.74 Å². The van der Waals surface area contributed by atoms with E-state index in [1.807, 2.05) is 7.11 Å².